The second-order valence-corrected chi connectivity index (χ2v) is 7.79. The summed E-state index contributed by atoms with van der Waals surface area (Å²) in [6, 6.07) is 10.2. The summed E-state index contributed by atoms with van der Waals surface area (Å²) >= 11 is 5.61. The van der Waals surface area contributed by atoms with Gasteiger partial charge in [-0.25, -0.2) is 0 Å². The maximum atomic E-state index is 12.5. The van der Waals surface area contributed by atoms with Crippen molar-refractivity contribution in [2.45, 2.75) is 37.9 Å². The Labute approximate surface area is 166 Å². The largest absolute Gasteiger partial charge is 0.349 e. The first-order chi connectivity index (χ1) is 13.2. The number of amides is 1. The molecule has 1 aromatic rings. The van der Waals surface area contributed by atoms with Gasteiger partial charge in [0.25, 0.3) is 0 Å². The van der Waals surface area contributed by atoms with Gasteiger partial charge < -0.3 is 15.1 Å². The van der Waals surface area contributed by atoms with Gasteiger partial charge in [0, 0.05) is 38.2 Å². The highest BCUT2D eigenvalue weighted by Crippen LogP contribution is 2.31. The first-order valence-electron chi connectivity index (χ1n) is 9.68. The first-order valence-corrected chi connectivity index (χ1v) is 10.1. The molecule has 1 amide bonds. The van der Waals surface area contributed by atoms with E-state index in [2.05, 4.69) is 45.9 Å². The average Bonchev–Trinajstić information content (AvgIpc) is 3.00. The number of hydrogen-bond acceptors (Lipinski definition) is 3. The smallest absolute Gasteiger partial charge is 0.238 e. The van der Waals surface area contributed by atoms with E-state index >= 15 is 0 Å². The van der Waals surface area contributed by atoms with Crippen LogP contribution >= 0.6 is 12.2 Å². The van der Waals surface area contributed by atoms with Crippen LogP contribution in [0.25, 0.3) is 0 Å². The number of hydrogen-bond donors (Lipinski definition) is 2. The molecule has 6 heteroatoms. The highest BCUT2D eigenvalue weighted by Gasteiger charge is 2.46. The van der Waals surface area contributed by atoms with E-state index in [-0.39, 0.29) is 11.6 Å². The van der Waals surface area contributed by atoms with Crippen LogP contribution in [0.3, 0.4) is 0 Å². The maximum absolute atomic E-state index is 12.5. The van der Waals surface area contributed by atoms with Crippen LogP contribution in [-0.4, -0.2) is 46.1 Å². The Morgan fingerprint density at radius 2 is 1.96 bits per heavy atom. The summed E-state index contributed by atoms with van der Waals surface area (Å²) in [5.74, 6) is 0.186. The van der Waals surface area contributed by atoms with E-state index in [9.17, 15) is 4.79 Å². The molecule has 2 heterocycles. The van der Waals surface area contributed by atoms with Gasteiger partial charge in [-0.15, -0.1) is 0 Å². The monoisotopic (exact) mass is 382 g/mol. The fraction of sp³-hybridized carbons (Fsp3) is 0.429. The van der Waals surface area contributed by atoms with Crippen molar-refractivity contribution in [1.82, 2.24) is 20.4 Å². The van der Waals surface area contributed by atoms with E-state index in [4.69, 9.17) is 12.2 Å². The van der Waals surface area contributed by atoms with Crippen molar-refractivity contribution in [2.75, 3.05) is 19.6 Å². The van der Waals surface area contributed by atoms with Crippen LogP contribution in [0.1, 0.15) is 31.2 Å². The first kappa shape index (κ1) is 18.2. The third-order valence-corrected chi connectivity index (χ3v) is 6.05. The predicted molar refractivity (Wildman–Crippen MR) is 111 cm³/mol. The molecule has 142 valence electrons. The molecule has 27 heavy (non-hydrogen) atoms. The van der Waals surface area contributed by atoms with E-state index in [0.717, 1.165) is 49.6 Å². The molecule has 0 aromatic heterocycles. The predicted octanol–water partition coefficient (Wildman–Crippen LogP) is 2.52. The van der Waals surface area contributed by atoms with E-state index in [0.29, 0.717) is 13.1 Å². The normalized spacial score (nSPS) is 21.5. The summed E-state index contributed by atoms with van der Waals surface area (Å²) in [5.41, 5.74) is 2.01. The number of allylic oxidation sites excluding steroid dienone is 3. The minimum Gasteiger partial charge on any atom is -0.349 e. The third kappa shape index (κ3) is 3.92. The second kappa shape index (κ2) is 7.82. The molecule has 2 fully saturated rings. The Hall–Kier alpha value is -2.18. The van der Waals surface area contributed by atoms with Gasteiger partial charge in [0.1, 0.15) is 0 Å². The zero-order chi connectivity index (χ0) is 18.7. The van der Waals surface area contributed by atoms with Crippen molar-refractivity contribution in [2.24, 2.45) is 0 Å². The number of rotatable bonds is 3. The highest BCUT2D eigenvalue weighted by molar-refractivity contribution is 7.80. The lowest BCUT2D eigenvalue weighted by Gasteiger charge is -2.45. The SMILES string of the molecule is O=C1CNC2(CCN(C(=S)NC3=CCCC=C3)CC2)N1Cc1ccccc1. The molecule has 1 aromatic carbocycles. The summed E-state index contributed by atoms with van der Waals surface area (Å²) in [6.45, 7) is 2.77. The minimum atomic E-state index is -0.247. The zero-order valence-electron chi connectivity index (χ0n) is 15.5. The number of nitrogens with one attached hydrogen (secondary N) is 2. The lowest BCUT2D eigenvalue weighted by Crippen LogP contribution is -2.59. The topological polar surface area (TPSA) is 47.6 Å². The van der Waals surface area contributed by atoms with Crippen LogP contribution < -0.4 is 10.6 Å². The van der Waals surface area contributed by atoms with Crippen LogP contribution in [0.2, 0.25) is 0 Å². The number of nitrogens with zero attached hydrogens (tertiary/aromatic N) is 2. The summed E-state index contributed by atoms with van der Waals surface area (Å²) < 4.78 is 0. The van der Waals surface area contributed by atoms with Gasteiger partial charge in [-0.1, -0.05) is 42.5 Å². The fourth-order valence-corrected chi connectivity index (χ4v) is 4.41. The molecule has 1 aliphatic carbocycles. The molecule has 2 aliphatic heterocycles. The van der Waals surface area contributed by atoms with Crippen molar-refractivity contribution < 1.29 is 4.79 Å². The average molecular weight is 383 g/mol. The number of thiocarbonyl (C=S) groups is 1. The molecule has 0 unspecified atom stereocenters. The lowest BCUT2D eigenvalue weighted by atomic mass is 9.95. The highest BCUT2D eigenvalue weighted by atomic mass is 32.1. The number of carbonyl (C=O) groups is 1. The number of benzene rings is 1. The lowest BCUT2D eigenvalue weighted by molar-refractivity contribution is -0.132. The zero-order valence-corrected chi connectivity index (χ0v) is 16.3. The Kier molecular flexibility index (Phi) is 5.27. The van der Waals surface area contributed by atoms with Gasteiger partial charge >= 0.3 is 0 Å². The van der Waals surface area contributed by atoms with E-state index < -0.39 is 0 Å². The van der Waals surface area contributed by atoms with Crippen molar-refractivity contribution >= 4 is 23.2 Å². The van der Waals surface area contributed by atoms with Crippen molar-refractivity contribution in [3.63, 3.8) is 0 Å². The Bertz CT molecular complexity index is 766. The summed E-state index contributed by atoms with van der Waals surface area (Å²) in [7, 11) is 0. The Balaban J connectivity index is 1.39. The van der Waals surface area contributed by atoms with Crippen LogP contribution in [0, 0.1) is 0 Å². The maximum Gasteiger partial charge on any atom is 0.238 e. The Morgan fingerprint density at radius 3 is 2.67 bits per heavy atom. The van der Waals surface area contributed by atoms with Crippen LogP contribution in [0.4, 0.5) is 0 Å². The van der Waals surface area contributed by atoms with Crippen molar-refractivity contribution in [3.05, 3.63) is 59.8 Å². The molecule has 0 saturated carbocycles. The van der Waals surface area contributed by atoms with Gasteiger partial charge in [0.15, 0.2) is 5.11 Å². The summed E-state index contributed by atoms with van der Waals surface area (Å²) in [5, 5.41) is 7.63. The molecule has 0 radical (unpaired) electrons. The molecular weight excluding hydrogens is 356 g/mol. The molecule has 4 rings (SSSR count). The molecule has 1 spiro atoms. The van der Waals surface area contributed by atoms with Gasteiger partial charge in [0.05, 0.1) is 12.2 Å². The molecule has 0 bridgehead atoms. The van der Waals surface area contributed by atoms with Gasteiger partial charge in [0.2, 0.25) is 5.91 Å². The molecular formula is C21H26N4OS. The number of piperidine rings is 1. The summed E-state index contributed by atoms with van der Waals surface area (Å²) in [4.78, 5) is 16.8. The Morgan fingerprint density at radius 1 is 1.19 bits per heavy atom. The van der Waals surface area contributed by atoms with Gasteiger partial charge in [-0.05, 0) is 36.7 Å². The van der Waals surface area contributed by atoms with Gasteiger partial charge in [-0.2, -0.15) is 0 Å². The van der Waals surface area contributed by atoms with Crippen molar-refractivity contribution in [1.29, 1.82) is 0 Å². The minimum absolute atomic E-state index is 0.186. The van der Waals surface area contributed by atoms with Gasteiger partial charge in [-0.3, -0.25) is 10.1 Å². The standard InChI is InChI=1S/C21H26N4OS/c26-19-15-22-21(25(19)16-17-7-3-1-4-8-17)11-13-24(14-12-21)20(27)23-18-9-5-2-6-10-18/h1,3-5,7-10,22H,2,6,11-16H2,(H,23,27). The van der Waals surface area contributed by atoms with E-state index in [1.54, 1.807) is 0 Å². The fourth-order valence-electron chi connectivity index (χ4n) is 4.11. The second-order valence-electron chi connectivity index (χ2n) is 7.41. The van der Waals surface area contributed by atoms with E-state index in [1.807, 2.05) is 23.1 Å². The third-order valence-electron chi connectivity index (χ3n) is 5.69. The van der Waals surface area contributed by atoms with Crippen LogP contribution in [0.5, 0.6) is 0 Å². The summed E-state index contributed by atoms with van der Waals surface area (Å²) in [6.07, 6.45) is 10.4. The molecule has 2 N–H and O–H groups in total. The van der Waals surface area contributed by atoms with Crippen molar-refractivity contribution in [3.8, 4) is 0 Å². The number of likely N-dealkylation sites (tertiary alicyclic amines) is 1. The number of carbonyl (C=O) groups excluding carboxylic acids is 1. The van der Waals surface area contributed by atoms with Crippen LogP contribution in [0.15, 0.2) is 54.3 Å². The molecule has 2 saturated heterocycles. The molecule has 3 aliphatic rings. The van der Waals surface area contributed by atoms with E-state index in [1.165, 1.54) is 5.56 Å². The molecule has 0 atom stereocenters. The quantitative estimate of drug-likeness (QED) is 0.787. The van der Waals surface area contributed by atoms with Crippen LogP contribution in [-0.2, 0) is 11.3 Å². The molecule has 5 nitrogen and oxygen atoms in total.